The van der Waals surface area contributed by atoms with Gasteiger partial charge in [-0.05, 0) is 25.0 Å². The number of allylic oxidation sites excluding steroid dienone is 1. The normalized spacial score (nSPS) is 29.2. The molecule has 0 unspecified atom stereocenters. The van der Waals surface area contributed by atoms with Crippen molar-refractivity contribution in [3.8, 4) is 5.75 Å². The van der Waals surface area contributed by atoms with Gasteiger partial charge in [-0.15, -0.1) is 0 Å². The standard InChI is InChI=1S/C12H12O/c1-3-7-11-9(5-1)10-6-2-4-8-12(10)13-11/h1,3-5,7-8,10,12H,2,6H2/t10-,12-/m0/s1. The zero-order valence-electron chi connectivity index (χ0n) is 7.44. The molecule has 1 aliphatic carbocycles. The first kappa shape index (κ1) is 7.19. The van der Waals surface area contributed by atoms with E-state index in [1.54, 1.807) is 0 Å². The topological polar surface area (TPSA) is 9.23 Å². The van der Waals surface area contributed by atoms with Gasteiger partial charge in [0.25, 0.3) is 0 Å². The molecule has 1 nitrogen and oxygen atoms in total. The van der Waals surface area contributed by atoms with Crippen LogP contribution in [0.25, 0.3) is 0 Å². The lowest BCUT2D eigenvalue weighted by Crippen LogP contribution is -2.18. The van der Waals surface area contributed by atoms with E-state index in [2.05, 4.69) is 30.4 Å². The van der Waals surface area contributed by atoms with Crippen LogP contribution >= 0.6 is 0 Å². The molecule has 0 radical (unpaired) electrons. The maximum absolute atomic E-state index is 5.82. The van der Waals surface area contributed by atoms with E-state index < -0.39 is 0 Å². The molecule has 1 aromatic carbocycles. The highest BCUT2D eigenvalue weighted by Crippen LogP contribution is 2.42. The fourth-order valence-electron chi connectivity index (χ4n) is 2.30. The fraction of sp³-hybridized carbons (Fsp3) is 0.333. The number of hydrogen-bond donors (Lipinski definition) is 0. The van der Waals surface area contributed by atoms with Crippen LogP contribution in [0, 0.1) is 0 Å². The van der Waals surface area contributed by atoms with Crippen LogP contribution < -0.4 is 4.74 Å². The predicted molar refractivity (Wildman–Crippen MR) is 52.0 cm³/mol. The Hall–Kier alpha value is -1.24. The van der Waals surface area contributed by atoms with Crippen molar-refractivity contribution < 1.29 is 4.74 Å². The smallest absolute Gasteiger partial charge is 0.124 e. The number of rotatable bonds is 0. The second kappa shape index (κ2) is 2.63. The van der Waals surface area contributed by atoms with Crippen molar-refractivity contribution in [3.63, 3.8) is 0 Å². The molecular formula is C12H12O. The largest absolute Gasteiger partial charge is 0.485 e. The minimum atomic E-state index is 0.311. The van der Waals surface area contributed by atoms with Crippen molar-refractivity contribution in [2.75, 3.05) is 0 Å². The zero-order valence-corrected chi connectivity index (χ0v) is 7.44. The molecule has 1 aliphatic heterocycles. The van der Waals surface area contributed by atoms with Crippen molar-refractivity contribution in [1.29, 1.82) is 0 Å². The van der Waals surface area contributed by atoms with Gasteiger partial charge < -0.3 is 4.74 Å². The van der Waals surface area contributed by atoms with Crippen LogP contribution in [0.2, 0.25) is 0 Å². The average Bonchev–Trinajstić information content (AvgIpc) is 2.56. The first-order valence-electron chi connectivity index (χ1n) is 4.87. The lowest BCUT2D eigenvalue weighted by atomic mass is 9.87. The van der Waals surface area contributed by atoms with Gasteiger partial charge >= 0.3 is 0 Å². The van der Waals surface area contributed by atoms with Gasteiger partial charge in [-0.3, -0.25) is 0 Å². The van der Waals surface area contributed by atoms with Crippen LogP contribution in [0.4, 0.5) is 0 Å². The maximum Gasteiger partial charge on any atom is 0.124 e. The number of benzene rings is 1. The molecule has 3 rings (SSSR count). The summed E-state index contributed by atoms with van der Waals surface area (Å²) in [5.41, 5.74) is 1.40. The van der Waals surface area contributed by atoms with E-state index in [1.807, 2.05) is 6.07 Å². The van der Waals surface area contributed by atoms with E-state index in [9.17, 15) is 0 Å². The van der Waals surface area contributed by atoms with Crippen molar-refractivity contribution in [2.45, 2.75) is 24.9 Å². The molecule has 0 bridgehead atoms. The third kappa shape index (κ3) is 0.998. The highest BCUT2D eigenvalue weighted by molar-refractivity contribution is 5.42. The minimum Gasteiger partial charge on any atom is -0.485 e. The third-order valence-corrected chi connectivity index (χ3v) is 2.95. The van der Waals surface area contributed by atoms with Gasteiger partial charge in [-0.25, -0.2) is 0 Å². The Labute approximate surface area is 78.0 Å². The molecule has 2 aliphatic rings. The molecule has 0 spiro atoms. The number of ether oxygens (including phenoxy) is 1. The highest BCUT2D eigenvalue weighted by Gasteiger charge is 2.33. The molecule has 0 amide bonds. The lowest BCUT2D eigenvalue weighted by Gasteiger charge is -2.18. The molecule has 1 heterocycles. The van der Waals surface area contributed by atoms with Crippen molar-refractivity contribution >= 4 is 0 Å². The quantitative estimate of drug-likeness (QED) is 0.547. The van der Waals surface area contributed by atoms with Gasteiger partial charge in [0.1, 0.15) is 11.9 Å². The Bertz CT molecular complexity index is 354. The van der Waals surface area contributed by atoms with Gasteiger partial charge in [0.2, 0.25) is 0 Å². The summed E-state index contributed by atoms with van der Waals surface area (Å²) in [6, 6.07) is 8.41. The minimum absolute atomic E-state index is 0.311. The Morgan fingerprint density at radius 2 is 2.15 bits per heavy atom. The van der Waals surface area contributed by atoms with Gasteiger partial charge in [0, 0.05) is 11.5 Å². The molecular weight excluding hydrogens is 160 g/mol. The predicted octanol–water partition coefficient (Wildman–Crippen LogP) is 2.88. The van der Waals surface area contributed by atoms with E-state index >= 15 is 0 Å². The summed E-state index contributed by atoms with van der Waals surface area (Å²) >= 11 is 0. The van der Waals surface area contributed by atoms with Crippen LogP contribution in [0.15, 0.2) is 36.4 Å². The van der Waals surface area contributed by atoms with E-state index in [0.29, 0.717) is 12.0 Å². The highest BCUT2D eigenvalue weighted by atomic mass is 16.5. The van der Waals surface area contributed by atoms with Crippen LogP contribution in [-0.4, -0.2) is 6.10 Å². The van der Waals surface area contributed by atoms with Crippen LogP contribution in [-0.2, 0) is 0 Å². The Morgan fingerprint density at radius 1 is 1.23 bits per heavy atom. The zero-order chi connectivity index (χ0) is 8.67. The monoisotopic (exact) mass is 172 g/mol. The fourth-order valence-corrected chi connectivity index (χ4v) is 2.30. The first-order chi connectivity index (χ1) is 6.45. The Morgan fingerprint density at radius 3 is 3.15 bits per heavy atom. The van der Waals surface area contributed by atoms with Crippen LogP contribution in [0.5, 0.6) is 5.75 Å². The summed E-state index contributed by atoms with van der Waals surface area (Å²) in [6.45, 7) is 0. The number of hydrogen-bond acceptors (Lipinski definition) is 1. The molecule has 0 fully saturated rings. The molecule has 1 heteroatoms. The Balaban J connectivity index is 2.07. The first-order valence-corrected chi connectivity index (χ1v) is 4.87. The van der Waals surface area contributed by atoms with E-state index in [4.69, 9.17) is 4.74 Å². The van der Waals surface area contributed by atoms with Crippen LogP contribution in [0.1, 0.15) is 24.3 Å². The summed E-state index contributed by atoms with van der Waals surface area (Å²) in [5.74, 6) is 1.70. The average molecular weight is 172 g/mol. The second-order valence-corrected chi connectivity index (χ2v) is 3.73. The van der Waals surface area contributed by atoms with Crippen molar-refractivity contribution in [1.82, 2.24) is 0 Å². The van der Waals surface area contributed by atoms with Crippen LogP contribution in [0.3, 0.4) is 0 Å². The van der Waals surface area contributed by atoms with E-state index in [1.165, 1.54) is 18.4 Å². The van der Waals surface area contributed by atoms with E-state index in [-0.39, 0.29) is 0 Å². The van der Waals surface area contributed by atoms with Crippen molar-refractivity contribution in [2.24, 2.45) is 0 Å². The number of para-hydroxylation sites is 1. The Kier molecular flexibility index (Phi) is 1.45. The SMILES string of the molecule is C1=C[C@@H]2Oc3ccccc3[C@@H]2CC1. The van der Waals surface area contributed by atoms with Gasteiger partial charge in [0.15, 0.2) is 0 Å². The summed E-state index contributed by atoms with van der Waals surface area (Å²) in [5, 5.41) is 0. The molecule has 66 valence electrons. The lowest BCUT2D eigenvalue weighted by molar-refractivity contribution is 0.244. The summed E-state index contributed by atoms with van der Waals surface area (Å²) < 4.78 is 5.82. The molecule has 0 saturated heterocycles. The molecule has 2 atom stereocenters. The number of fused-ring (bicyclic) bond motifs is 3. The van der Waals surface area contributed by atoms with Gasteiger partial charge in [-0.1, -0.05) is 24.3 Å². The molecule has 13 heavy (non-hydrogen) atoms. The third-order valence-electron chi connectivity index (χ3n) is 2.95. The molecule has 0 saturated carbocycles. The molecule has 1 aromatic rings. The summed E-state index contributed by atoms with van der Waals surface area (Å²) in [4.78, 5) is 0. The van der Waals surface area contributed by atoms with E-state index in [0.717, 1.165) is 5.75 Å². The van der Waals surface area contributed by atoms with Gasteiger partial charge in [0.05, 0.1) is 0 Å². The summed E-state index contributed by atoms with van der Waals surface area (Å²) in [6.07, 6.45) is 7.17. The molecule has 0 N–H and O–H groups in total. The maximum atomic E-state index is 5.82. The van der Waals surface area contributed by atoms with Crippen molar-refractivity contribution in [3.05, 3.63) is 42.0 Å². The molecule has 0 aromatic heterocycles. The van der Waals surface area contributed by atoms with Gasteiger partial charge in [-0.2, -0.15) is 0 Å². The summed E-state index contributed by atoms with van der Waals surface area (Å²) in [7, 11) is 0. The second-order valence-electron chi connectivity index (χ2n) is 3.73.